The first kappa shape index (κ1) is 20.2. The van der Waals surface area contributed by atoms with Crippen molar-refractivity contribution in [2.75, 3.05) is 23.7 Å². The Labute approximate surface area is 166 Å². The lowest BCUT2D eigenvalue weighted by Crippen LogP contribution is -2.32. The molecular weight excluding hydrogens is 376 g/mol. The maximum Gasteiger partial charge on any atom is 0.251 e. The highest BCUT2D eigenvalue weighted by Gasteiger charge is 2.29. The van der Waals surface area contributed by atoms with Crippen LogP contribution in [0, 0.1) is 5.92 Å². The average molecular weight is 403 g/mol. The summed E-state index contributed by atoms with van der Waals surface area (Å²) < 4.78 is 30.9. The third kappa shape index (κ3) is 4.30. The van der Waals surface area contributed by atoms with Crippen molar-refractivity contribution in [3.63, 3.8) is 0 Å². The highest BCUT2D eigenvalue weighted by molar-refractivity contribution is 7.93. The van der Waals surface area contributed by atoms with Crippen LogP contribution in [0.3, 0.4) is 0 Å². The summed E-state index contributed by atoms with van der Waals surface area (Å²) in [4.78, 5) is 12.9. The third-order valence-corrected chi connectivity index (χ3v) is 6.79. The Bertz CT molecular complexity index is 939. The molecule has 150 valence electrons. The molecule has 1 fully saturated rings. The number of nitrogens with one attached hydrogen (secondary N) is 1. The summed E-state index contributed by atoms with van der Waals surface area (Å²) in [6, 6.07) is 14.2. The highest BCUT2D eigenvalue weighted by atomic mass is 32.2. The van der Waals surface area contributed by atoms with E-state index in [0.29, 0.717) is 24.2 Å². The largest absolute Gasteiger partial charge is 0.497 e. The maximum absolute atomic E-state index is 12.9. The van der Waals surface area contributed by atoms with E-state index in [0.717, 1.165) is 11.3 Å². The van der Waals surface area contributed by atoms with E-state index in [1.54, 1.807) is 31.4 Å². The molecule has 1 heterocycles. The Hall–Kier alpha value is -2.54. The van der Waals surface area contributed by atoms with Gasteiger partial charge in [-0.15, -0.1) is 0 Å². The minimum absolute atomic E-state index is 0.149. The van der Waals surface area contributed by atoms with Crippen molar-refractivity contribution in [1.29, 1.82) is 0 Å². The van der Waals surface area contributed by atoms with Crippen LogP contribution < -0.4 is 14.4 Å². The summed E-state index contributed by atoms with van der Waals surface area (Å²) in [7, 11) is -1.66. The van der Waals surface area contributed by atoms with E-state index >= 15 is 0 Å². The lowest BCUT2D eigenvalue weighted by molar-refractivity contribution is 0.0925. The van der Waals surface area contributed by atoms with Crippen LogP contribution in [-0.4, -0.2) is 33.7 Å². The van der Waals surface area contributed by atoms with Crippen molar-refractivity contribution in [3.8, 4) is 5.75 Å². The number of anilines is 1. The van der Waals surface area contributed by atoms with E-state index in [1.807, 2.05) is 38.1 Å². The van der Waals surface area contributed by atoms with Gasteiger partial charge in [0.05, 0.1) is 24.6 Å². The van der Waals surface area contributed by atoms with Crippen molar-refractivity contribution in [2.24, 2.45) is 5.92 Å². The van der Waals surface area contributed by atoms with Crippen LogP contribution in [0.1, 0.15) is 42.2 Å². The summed E-state index contributed by atoms with van der Waals surface area (Å²) in [6.45, 7) is 4.54. The fourth-order valence-corrected chi connectivity index (χ4v) is 4.96. The normalized spacial score (nSPS) is 16.8. The molecule has 0 aliphatic carbocycles. The van der Waals surface area contributed by atoms with E-state index in [-0.39, 0.29) is 23.6 Å². The number of ether oxygens (including phenoxy) is 1. The number of amides is 1. The van der Waals surface area contributed by atoms with Crippen molar-refractivity contribution >= 4 is 21.6 Å². The van der Waals surface area contributed by atoms with Crippen LogP contribution in [0.4, 0.5) is 5.69 Å². The molecule has 28 heavy (non-hydrogen) atoms. The van der Waals surface area contributed by atoms with Crippen molar-refractivity contribution < 1.29 is 17.9 Å². The van der Waals surface area contributed by atoms with Crippen molar-refractivity contribution in [1.82, 2.24) is 5.32 Å². The quantitative estimate of drug-likeness (QED) is 0.804. The Morgan fingerprint density at radius 2 is 1.86 bits per heavy atom. The van der Waals surface area contributed by atoms with Crippen molar-refractivity contribution in [2.45, 2.75) is 26.3 Å². The monoisotopic (exact) mass is 402 g/mol. The van der Waals surface area contributed by atoms with Gasteiger partial charge in [0.25, 0.3) is 5.91 Å². The van der Waals surface area contributed by atoms with Gasteiger partial charge in [-0.25, -0.2) is 8.42 Å². The summed E-state index contributed by atoms with van der Waals surface area (Å²) in [5.74, 6) is 0.862. The molecule has 1 amide bonds. The number of methoxy groups -OCH3 is 1. The van der Waals surface area contributed by atoms with Gasteiger partial charge in [-0.1, -0.05) is 32.0 Å². The lowest BCUT2D eigenvalue weighted by Gasteiger charge is -2.24. The zero-order valence-electron chi connectivity index (χ0n) is 16.4. The molecule has 0 bridgehead atoms. The molecule has 0 unspecified atom stereocenters. The zero-order valence-corrected chi connectivity index (χ0v) is 17.2. The van der Waals surface area contributed by atoms with Gasteiger partial charge in [-0.05, 0) is 48.2 Å². The molecule has 1 aliphatic heterocycles. The van der Waals surface area contributed by atoms with Gasteiger partial charge in [0.1, 0.15) is 5.75 Å². The molecule has 1 saturated heterocycles. The molecule has 2 aromatic carbocycles. The average Bonchev–Trinajstić information content (AvgIpc) is 3.05. The Morgan fingerprint density at radius 3 is 2.43 bits per heavy atom. The second-order valence-electron chi connectivity index (χ2n) is 7.26. The van der Waals surface area contributed by atoms with E-state index in [2.05, 4.69) is 5.32 Å². The smallest absolute Gasteiger partial charge is 0.251 e. The number of carbonyl (C=O) groups excluding carboxylic acids is 1. The fraction of sp³-hybridized carbons (Fsp3) is 0.381. The summed E-state index contributed by atoms with van der Waals surface area (Å²) in [6.07, 6.45) is 0.603. The molecule has 1 atom stereocenters. The summed E-state index contributed by atoms with van der Waals surface area (Å²) >= 11 is 0. The lowest BCUT2D eigenvalue weighted by atomic mass is 9.95. The molecule has 0 spiro atoms. The minimum atomic E-state index is -3.28. The molecule has 1 aliphatic rings. The van der Waals surface area contributed by atoms with Crippen LogP contribution >= 0.6 is 0 Å². The predicted octanol–water partition coefficient (Wildman–Crippen LogP) is 3.36. The summed E-state index contributed by atoms with van der Waals surface area (Å²) in [5, 5.41) is 3.08. The molecule has 6 nitrogen and oxygen atoms in total. The van der Waals surface area contributed by atoms with Gasteiger partial charge in [0.15, 0.2) is 0 Å². The number of benzene rings is 2. The maximum atomic E-state index is 12.9. The van der Waals surface area contributed by atoms with Gasteiger partial charge in [-0.3, -0.25) is 9.10 Å². The molecule has 0 radical (unpaired) electrons. The first-order valence-corrected chi connectivity index (χ1v) is 11.0. The Balaban J connectivity index is 1.81. The number of nitrogens with zero attached hydrogens (tertiary/aromatic N) is 1. The number of rotatable bonds is 6. The second kappa shape index (κ2) is 8.22. The highest BCUT2D eigenvalue weighted by Crippen LogP contribution is 2.27. The van der Waals surface area contributed by atoms with Gasteiger partial charge in [0, 0.05) is 12.1 Å². The molecule has 3 rings (SSSR count). The zero-order chi connectivity index (χ0) is 20.3. The number of carbonyl (C=O) groups is 1. The SMILES string of the molecule is COc1ccc([C@H](NC(=O)c2cccc(N3CCCS3(=O)=O)c2)C(C)C)cc1. The molecular formula is C21H26N2O4S. The predicted molar refractivity (Wildman–Crippen MR) is 110 cm³/mol. The standard InChI is InChI=1S/C21H26N2O4S/c1-15(2)20(16-8-10-19(27-3)11-9-16)22-21(24)17-6-4-7-18(14-17)23-12-5-13-28(23,25)26/h4,6-11,14-15,20H,5,12-13H2,1-3H3,(H,22,24)/t20-/m1/s1. The molecule has 0 aromatic heterocycles. The van der Waals surface area contributed by atoms with Gasteiger partial charge in [0.2, 0.25) is 10.0 Å². The van der Waals surface area contributed by atoms with Gasteiger partial charge >= 0.3 is 0 Å². The fourth-order valence-electron chi connectivity index (χ4n) is 3.40. The second-order valence-corrected chi connectivity index (χ2v) is 9.27. The Kier molecular flexibility index (Phi) is 5.93. The van der Waals surface area contributed by atoms with Crippen LogP contribution in [0.25, 0.3) is 0 Å². The van der Waals surface area contributed by atoms with Gasteiger partial charge < -0.3 is 10.1 Å². The molecule has 1 N–H and O–H groups in total. The van der Waals surface area contributed by atoms with E-state index < -0.39 is 10.0 Å². The van der Waals surface area contributed by atoms with Crippen LogP contribution in [0.2, 0.25) is 0 Å². The summed E-state index contributed by atoms with van der Waals surface area (Å²) in [5.41, 5.74) is 1.97. The first-order chi connectivity index (χ1) is 13.3. The Morgan fingerprint density at radius 1 is 1.14 bits per heavy atom. The van der Waals surface area contributed by atoms with Crippen LogP contribution in [-0.2, 0) is 10.0 Å². The number of sulfonamides is 1. The molecule has 0 saturated carbocycles. The number of hydrogen-bond acceptors (Lipinski definition) is 4. The van der Waals surface area contributed by atoms with Crippen molar-refractivity contribution in [3.05, 3.63) is 59.7 Å². The molecule has 2 aromatic rings. The van der Waals surface area contributed by atoms with E-state index in [1.165, 1.54) is 4.31 Å². The first-order valence-electron chi connectivity index (χ1n) is 9.37. The van der Waals surface area contributed by atoms with Gasteiger partial charge in [-0.2, -0.15) is 0 Å². The molecule has 7 heteroatoms. The minimum Gasteiger partial charge on any atom is -0.497 e. The van der Waals surface area contributed by atoms with Crippen LogP contribution in [0.5, 0.6) is 5.75 Å². The van der Waals surface area contributed by atoms with E-state index in [9.17, 15) is 13.2 Å². The third-order valence-electron chi connectivity index (χ3n) is 4.92. The number of hydrogen-bond donors (Lipinski definition) is 1. The van der Waals surface area contributed by atoms with Crippen LogP contribution in [0.15, 0.2) is 48.5 Å². The topological polar surface area (TPSA) is 75.7 Å². The van der Waals surface area contributed by atoms with E-state index in [4.69, 9.17) is 4.74 Å².